The normalized spacial score (nSPS) is 11.8. The molecule has 0 radical (unpaired) electrons. The van der Waals surface area contributed by atoms with Crippen molar-refractivity contribution < 1.29 is 9.47 Å². The number of rotatable bonds is 8. The molecule has 0 atom stereocenters. The Morgan fingerprint density at radius 1 is 1.39 bits per heavy atom. The molecule has 1 rings (SSSR count). The quantitative estimate of drug-likeness (QED) is 0.722. The van der Waals surface area contributed by atoms with Crippen molar-refractivity contribution in [3.05, 3.63) is 11.9 Å². The van der Waals surface area contributed by atoms with Crippen LogP contribution in [0.4, 0.5) is 5.95 Å². The van der Waals surface area contributed by atoms with Gasteiger partial charge in [-0.25, -0.2) is 4.98 Å². The number of nitrogens with one attached hydrogen (secondary N) is 1. The zero-order valence-corrected chi connectivity index (χ0v) is 12.1. The van der Waals surface area contributed by atoms with Crippen molar-refractivity contribution in [1.29, 1.82) is 0 Å². The summed E-state index contributed by atoms with van der Waals surface area (Å²) in [4.78, 5) is 4.48. The molecule has 18 heavy (non-hydrogen) atoms. The van der Waals surface area contributed by atoms with Crippen molar-refractivity contribution >= 4 is 5.95 Å². The van der Waals surface area contributed by atoms with Gasteiger partial charge in [-0.2, -0.15) is 0 Å². The van der Waals surface area contributed by atoms with Gasteiger partial charge in [0.15, 0.2) is 0 Å². The van der Waals surface area contributed by atoms with E-state index in [9.17, 15) is 0 Å². The standard InChI is InChI=1S/C13H25N3O2/c1-11-9-16(7-6-8-17-4)12(15-11)14-10-13(2,3)18-5/h9H,6-8,10H2,1-5H3,(H,14,15). The summed E-state index contributed by atoms with van der Waals surface area (Å²) in [5, 5.41) is 3.34. The summed E-state index contributed by atoms with van der Waals surface area (Å²) in [5.41, 5.74) is 0.821. The molecule has 0 fully saturated rings. The molecule has 1 N–H and O–H groups in total. The van der Waals surface area contributed by atoms with Gasteiger partial charge in [-0.3, -0.25) is 0 Å². The third-order valence-corrected chi connectivity index (χ3v) is 2.87. The molecular formula is C13H25N3O2. The number of imidazole rings is 1. The molecule has 0 saturated heterocycles. The van der Waals surface area contributed by atoms with E-state index in [1.807, 2.05) is 20.8 Å². The van der Waals surface area contributed by atoms with Crippen LogP contribution < -0.4 is 5.32 Å². The molecule has 5 nitrogen and oxygen atoms in total. The minimum Gasteiger partial charge on any atom is -0.385 e. The molecule has 0 aliphatic heterocycles. The molecule has 0 aliphatic carbocycles. The molecule has 0 spiro atoms. The number of aromatic nitrogens is 2. The van der Waals surface area contributed by atoms with Crippen molar-refractivity contribution in [3.8, 4) is 0 Å². The van der Waals surface area contributed by atoms with E-state index in [0.29, 0.717) is 0 Å². The Bertz CT molecular complexity index is 361. The van der Waals surface area contributed by atoms with E-state index < -0.39 is 0 Å². The Kier molecular flexibility index (Phi) is 5.62. The Labute approximate surface area is 109 Å². The number of ether oxygens (including phenoxy) is 2. The van der Waals surface area contributed by atoms with Crippen LogP contribution in [0.25, 0.3) is 0 Å². The predicted molar refractivity (Wildman–Crippen MR) is 73.0 cm³/mol. The molecule has 1 heterocycles. The Hall–Kier alpha value is -1.07. The van der Waals surface area contributed by atoms with Gasteiger partial charge in [0, 0.05) is 40.1 Å². The first-order valence-corrected chi connectivity index (χ1v) is 6.30. The van der Waals surface area contributed by atoms with E-state index >= 15 is 0 Å². The lowest BCUT2D eigenvalue weighted by atomic mass is 10.1. The largest absolute Gasteiger partial charge is 0.385 e. The second-order valence-electron chi connectivity index (χ2n) is 5.06. The van der Waals surface area contributed by atoms with Gasteiger partial charge >= 0.3 is 0 Å². The second-order valence-corrected chi connectivity index (χ2v) is 5.06. The number of anilines is 1. The number of hydrogen-bond acceptors (Lipinski definition) is 4. The first-order valence-electron chi connectivity index (χ1n) is 6.30. The Balaban J connectivity index is 2.58. The zero-order chi connectivity index (χ0) is 13.6. The van der Waals surface area contributed by atoms with Gasteiger partial charge in [-0.15, -0.1) is 0 Å². The molecule has 0 aromatic carbocycles. The average molecular weight is 255 g/mol. The summed E-state index contributed by atoms with van der Waals surface area (Å²) in [6.45, 7) is 8.49. The van der Waals surface area contributed by atoms with Gasteiger partial charge < -0.3 is 19.4 Å². The fourth-order valence-electron chi connectivity index (χ4n) is 1.60. The summed E-state index contributed by atoms with van der Waals surface area (Å²) >= 11 is 0. The van der Waals surface area contributed by atoms with Crippen LogP contribution >= 0.6 is 0 Å². The van der Waals surface area contributed by atoms with E-state index in [1.54, 1.807) is 14.2 Å². The lowest BCUT2D eigenvalue weighted by molar-refractivity contribution is 0.0342. The van der Waals surface area contributed by atoms with Crippen LogP contribution in [0.15, 0.2) is 6.20 Å². The fraction of sp³-hybridized carbons (Fsp3) is 0.769. The summed E-state index contributed by atoms with van der Waals surface area (Å²) in [7, 11) is 3.44. The molecule has 1 aromatic rings. The highest BCUT2D eigenvalue weighted by Crippen LogP contribution is 2.13. The van der Waals surface area contributed by atoms with Crippen LogP contribution in [0.2, 0.25) is 0 Å². The van der Waals surface area contributed by atoms with Gasteiger partial charge in [0.2, 0.25) is 5.95 Å². The van der Waals surface area contributed by atoms with E-state index in [-0.39, 0.29) is 5.60 Å². The van der Waals surface area contributed by atoms with Gasteiger partial charge in [0.05, 0.1) is 11.3 Å². The predicted octanol–water partition coefficient (Wildman–Crippen LogP) is 2.06. The topological polar surface area (TPSA) is 48.3 Å². The van der Waals surface area contributed by atoms with Gasteiger partial charge in [-0.05, 0) is 27.2 Å². The minimum absolute atomic E-state index is 0.197. The van der Waals surface area contributed by atoms with Crippen molar-refractivity contribution in [1.82, 2.24) is 9.55 Å². The highest BCUT2D eigenvalue weighted by molar-refractivity contribution is 5.29. The molecule has 0 saturated carbocycles. The SMILES string of the molecule is COCCCn1cc(C)nc1NCC(C)(C)OC. The summed E-state index contributed by atoms with van der Waals surface area (Å²) in [6, 6.07) is 0. The monoisotopic (exact) mass is 255 g/mol. The molecular weight excluding hydrogens is 230 g/mol. The highest BCUT2D eigenvalue weighted by atomic mass is 16.5. The van der Waals surface area contributed by atoms with Crippen molar-refractivity contribution in [2.24, 2.45) is 0 Å². The van der Waals surface area contributed by atoms with E-state index in [4.69, 9.17) is 9.47 Å². The van der Waals surface area contributed by atoms with Gasteiger partial charge in [0.1, 0.15) is 0 Å². The third kappa shape index (κ3) is 4.66. The number of aryl methyl sites for hydroxylation is 2. The molecule has 0 unspecified atom stereocenters. The van der Waals surface area contributed by atoms with Crippen LogP contribution in [0.5, 0.6) is 0 Å². The number of methoxy groups -OCH3 is 2. The molecule has 0 amide bonds. The average Bonchev–Trinajstić information content (AvgIpc) is 2.68. The third-order valence-electron chi connectivity index (χ3n) is 2.87. The lowest BCUT2D eigenvalue weighted by Crippen LogP contribution is -2.32. The molecule has 5 heteroatoms. The smallest absolute Gasteiger partial charge is 0.203 e. The first-order chi connectivity index (χ1) is 8.48. The van der Waals surface area contributed by atoms with Gasteiger partial charge in [0.25, 0.3) is 0 Å². The summed E-state index contributed by atoms with van der Waals surface area (Å²) in [5.74, 6) is 0.897. The first kappa shape index (κ1) is 15.0. The minimum atomic E-state index is -0.197. The molecule has 1 aromatic heterocycles. The highest BCUT2D eigenvalue weighted by Gasteiger charge is 2.17. The lowest BCUT2D eigenvalue weighted by Gasteiger charge is -2.23. The van der Waals surface area contributed by atoms with E-state index in [0.717, 1.165) is 37.8 Å². The van der Waals surface area contributed by atoms with E-state index in [2.05, 4.69) is 21.1 Å². The van der Waals surface area contributed by atoms with Crippen LogP contribution in [-0.4, -0.2) is 42.5 Å². The number of hydrogen-bond donors (Lipinski definition) is 1. The summed E-state index contributed by atoms with van der Waals surface area (Å²) < 4.78 is 12.6. The van der Waals surface area contributed by atoms with E-state index in [1.165, 1.54) is 0 Å². The van der Waals surface area contributed by atoms with Crippen molar-refractivity contribution in [3.63, 3.8) is 0 Å². The Morgan fingerprint density at radius 2 is 2.11 bits per heavy atom. The molecule has 0 aliphatic rings. The fourth-order valence-corrected chi connectivity index (χ4v) is 1.60. The van der Waals surface area contributed by atoms with Crippen molar-refractivity contribution in [2.75, 3.05) is 32.7 Å². The molecule has 0 bridgehead atoms. The van der Waals surface area contributed by atoms with Crippen LogP contribution in [0.1, 0.15) is 26.0 Å². The Morgan fingerprint density at radius 3 is 2.72 bits per heavy atom. The molecule has 104 valence electrons. The zero-order valence-electron chi connectivity index (χ0n) is 12.1. The van der Waals surface area contributed by atoms with Crippen LogP contribution in [0, 0.1) is 6.92 Å². The summed E-state index contributed by atoms with van der Waals surface area (Å²) in [6.07, 6.45) is 3.03. The van der Waals surface area contributed by atoms with Crippen LogP contribution in [-0.2, 0) is 16.0 Å². The second kappa shape index (κ2) is 6.75. The van der Waals surface area contributed by atoms with Crippen molar-refractivity contribution in [2.45, 2.75) is 39.3 Å². The number of nitrogens with zero attached hydrogens (tertiary/aromatic N) is 2. The van der Waals surface area contributed by atoms with Gasteiger partial charge in [-0.1, -0.05) is 0 Å². The maximum atomic E-state index is 5.39. The van der Waals surface area contributed by atoms with Crippen LogP contribution in [0.3, 0.4) is 0 Å². The maximum absolute atomic E-state index is 5.39. The maximum Gasteiger partial charge on any atom is 0.203 e.